The van der Waals surface area contributed by atoms with Crippen molar-refractivity contribution >= 4 is 24.1 Å². The highest BCUT2D eigenvalue weighted by molar-refractivity contribution is 5.87. The summed E-state index contributed by atoms with van der Waals surface area (Å²) in [6.07, 6.45) is 3.45. The van der Waals surface area contributed by atoms with E-state index >= 15 is 0 Å². The molecular weight excluding hydrogens is 424 g/mol. The first kappa shape index (κ1) is 25.6. The van der Waals surface area contributed by atoms with Gasteiger partial charge in [-0.05, 0) is 61.1 Å². The third-order valence-corrected chi connectivity index (χ3v) is 5.29. The Bertz CT molecular complexity index is 925. The van der Waals surface area contributed by atoms with E-state index in [4.69, 9.17) is 9.84 Å². The number of rotatable bonds is 14. The van der Waals surface area contributed by atoms with Gasteiger partial charge in [-0.25, -0.2) is 4.79 Å². The van der Waals surface area contributed by atoms with E-state index < -0.39 is 11.9 Å². The molecule has 176 valence electrons. The van der Waals surface area contributed by atoms with Crippen molar-refractivity contribution in [1.29, 1.82) is 0 Å². The molecule has 0 aliphatic carbocycles. The van der Waals surface area contributed by atoms with E-state index in [0.29, 0.717) is 19.4 Å². The topological polar surface area (TPSA) is 122 Å². The van der Waals surface area contributed by atoms with Crippen molar-refractivity contribution in [3.8, 4) is 5.75 Å². The number of carboxylic acid groups (broad SMARTS) is 1. The highest BCUT2D eigenvalue weighted by atomic mass is 16.5. The van der Waals surface area contributed by atoms with Gasteiger partial charge >= 0.3 is 5.97 Å². The second kappa shape index (κ2) is 13.7. The Labute approximate surface area is 193 Å². The van der Waals surface area contributed by atoms with Crippen LogP contribution in [0.3, 0.4) is 0 Å². The van der Waals surface area contributed by atoms with Gasteiger partial charge in [-0.2, -0.15) is 0 Å². The fourth-order valence-electron chi connectivity index (χ4n) is 3.35. The molecule has 2 rings (SSSR count). The number of carbonyl (C=O) groups is 4. The molecule has 0 unspecified atom stereocenters. The third kappa shape index (κ3) is 9.14. The number of aromatic carboxylic acids is 1. The van der Waals surface area contributed by atoms with Crippen molar-refractivity contribution in [1.82, 2.24) is 10.6 Å². The first-order chi connectivity index (χ1) is 15.9. The minimum atomic E-state index is -0.987. The molecule has 0 heterocycles. The number of aryl methyl sites for hydroxylation is 1. The maximum atomic E-state index is 12.4. The van der Waals surface area contributed by atoms with Gasteiger partial charge in [0.15, 0.2) is 0 Å². The molecule has 1 atom stereocenters. The van der Waals surface area contributed by atoms with E-state index in [2.05, 4.69) is 10.6 Å². The predicted octanol–water partition coefficient (Wildman–Crippen LogP) is 2.40. The van der Waals surface area contributed by atoms with Gasteiger partial charge in [-0.15, -0.1) is 0 Å². The van der Waals surface area contributed by atoms with E-state index in [1.807, 2.05) is 24.3 Å². The Balaban J connectivity index is 1.69. The number of ether oxygens (including phenoxy) is 1. The second-order valence-corrected chi connectivity index (χ2v) is 7.66. The van der Waals surface area contributed by atoms with Crippen LogP contribution in [0.5, 0.6) is 5.75 Å². The average Bonchev–Trinajstić information content (AvgIpc) is 2.82. The molecule has 2 amide bonds. The summed E-state index contributed by atoms with van der Waals surface area (Å²) in [5, 5.41) is 14.2. The first-order valence-corrected chi connectivity index (χ1v) is 10.9. The van der Waals surface area contributed by atoms with Gasteiger partial charge in [0.1, 0.15) is 12.0 Å². The Morgan fingerprint density at radius 3 is 2.21 bits per heavy atom. The van der Waals surface area contributed by atoms with E-state index in [-0.39, 0.29) is 30.3 Å². The van der Waals surface area contributed by atoms with Gasteiger partial charge in [0.25, 0.3) is 0 Å². The minimum Gasteiger partial charge on any atom is -0.497 e. The Morgan fingerprint density at radius 2 is 1.61 bits per heavy atom. The molecule has 0 fully saturated rings. The van der Waals surface area contributed by atoms with Crippen molar-refractivity contribution in [2.45, 2.75) is 32.1 Å². The molecule has 33 heavy (non-hydrogen) atoms. The fourth-order valence-corrected chi connectivity index (χ4v) is 3.35. The zero-order chi connectivity index (χ0) is 24.1. The van der Waals surface area contributed by atoms with Gasteiger partial charge in [0, 0.05) is 18.9 Å². The molecular formula is C25H30N2O6. The molecule has 0 saturated heterocycles. The molecule has 0 radical (unpaired) electrons. The van der Waals surface area contributed by atoms with E-state index in [9.17, 15) is 19.2 Å². The lowest BCUT2D eigenvalue weighted by Gasteiger charge is -2.14. The van der Waals surface area contributed by atoms with Crippen LogP contribution in [0.1, 0.15) is 40.7 Å². The third-order valence-electron chi connectivity index (χ3n) is 5.29. The molecule has 8 nitrogen and oxygen atoms in total. The summed E-state index contributed by atoms with van der Waals surface area (Å²) in [6, 6.07) is 14.1. The second-order valence-electron chi connectivity index (χ2n) is 7.66. The highest BCUT2D eigenvalue weighted by Gasteiger charge is 2.18. The number of methoxy groups -OCH3 is 1. The first-order valence-electron chi connectivity index (χ1n) is 10.9. The lowest BCUT2D eigenvalue weighted by atomic mass is 9.96. The largest absolute Gasteiger partial charge is 0.497 e. The van der Waals surface area contributed by atoms with Gasteiger partial charge in [-0.1, -0.05) is 24.3 Å². The maximum Gasteiger partial charge on any atom is 0.335 e. The smallest absolute Gasteiger partial charge is 0.335 e. The van der Waals surface area contributed by atoms with Crippen molar-refractivity contribution in [2.24, 2.45) is 5.92 Å². The number of carboxylic acids is 1. The molecule has 0 aromatic heterocycles. The van der Waals surface area contributed by atoms with E-state index in [0.717, 1.165) is 36.0 Å². The van der Waals surface area contributed by atoms with Crippen molar-refractivity contribution in [3.63, 3.8) is 0 Å². The molecule has 2 aromatic carbocycles. The molecule has 0 aliphatic rings. The summed E-state index contributed by atoms with van der Waals surface area (Å²) in [5.41, 5.74) is 2.23. The van der Waals surface area contributed by atoms with Gasteiger partial charge in [-0.3, -0.25) is 9.59 Å². The maximum absolute atomic E-state index is 12.4. The summed E-state index contributed by atoms with van der Waals surface area (Å²) in [5.74, 6) is -1.31. The van der Waals surface area contributed by atoms with Gasteiger partial charge in [0.2, 0.25) is 11.8 Å². The van der Waals surface area contributed by atoms with E-state index in [1.165, 1.54) is 12.1 Å². The van der Waals surface area contributed by atoms with Crippen LogP contribution in [-0.4, -0.2) is 49.4 Å². The monoisotopic (exact) mass is 454 g/mol. The normalized spacial score (nSPS) is 11.3. The Morgan fingerprint density at radius 1 is 0.970 bits per heavy atom. The van der Waals surface area contributed by atoms with Crippen LogP contribution in [-0.2, 0) is 27.2 Å². The van der Waals surface area contributed by atoms with Crippen LogP contribution < -0.4 is 15.4 Å². The predicted molar refractivity (Wildman–Crippen MR) is 123 cm³/mol. The molecule has 0 bridgehead atoms. The molecule has 0 spiro atoms. The lowest BCUT2D eigenvalue weighted by molar-refractivity contribution is -0.129. The van der Waals surface area contributed by atoms with Gasteiger partial charge < -0.3 is 25.3 Å². The Kier molecular flexibility index (Phi) is 10.6. The average molecular weight is 455 g/mol. The van der Waals surface area contributed by atoms with Crippen molar-refractivity contribution < 1.29 is 29.0 Å². The van der Waals surface area contributed by atoms with E-state index in [1.54, 1.807) is 19.2 Å². The van der Waals surface area contributed by atoms with Crippen LogP contribution in [0.4, 0.5) is 0 Å². The summed E-state index contributed by atoms with van der Waals surface area (Å²) in [6.45, 7) is 0.200. The van der Waals surface area contributed by atoms with Crippen LogP contribution in [0.15, 0.2) is 48.5 Å². The number of aldehydes is 1. The fraction of sp³-hybridized carbons (Fsp3) is 0.360. The molecule has 3 N–H and O–H groups in total. The zero-order valence-electron chi connectivity index (χ0n) is 18.7. The number of nitrogens with one attached hydrogen (secondary N) is 2. The van der Waals surface area contributed by atoms with Crippen LogP contribution in [0.25, 0.3) is 0 Å². The van der Waals surface area contributed by atoms with Crippen LogP contribution in [0.2, 0.25) is 0 Å². The zero-order valence-corrected chi connectivity index (χ0v) is 18.7. The summed E-state index contributed by atoms with van der Waals surface area (Å²) in [7, 11) is 1.61. The summed E-state index contributed by atoms with van der Waals surface area (Å²) < 4.78 is 5.14. The van der Waals surface area contributed by atoms with Crippen LogP contribution >= 0.6 is 0 Å². The standard InChI is InChI=1S/C25H30N2O6/c1-33-22-11-7-18(8-12-22)3-2-4-20(14-16-28)24(30)27-17-23(29)26-15-13-19-5-9-21(10-6-19)25(31)32/h5-12,16,20H,2-4,13-15,17H2,1H3,(H,26,29)(H,27,30)(H,31,32)/t20-/m1/s1. The van der Waals surface area contributed by atoms with Crippen molar-refractivity contribution in [3.05, 3.63) is 65.2 Å². The molecule has 0 aliphatic heterocycles. The minimum absolute atomic E-state index is 0.113. The van der Waals surface area contributed by atoms with Crippen LogP contribution in [0, 0.1) is 5.92 Å². The Hall–Kier alpha value is -3.68. The number of benzene rings is 2. The SMILES string of the molecule is COc1ccc(CCC[C@H](CC=O)C(=O)NCC(=O)NCCc2ccc(C(=O)O)cc2)cc1. The number of hydrogen-bond donors (Lipinski definition) is 3. The number of hydrogen-bond acceptors (Lipinski definition) is 5. The highest BCUT2D eigenvalue weighted by Crippen LogP contribution is 2.16. The van der Waals surface area contributed by atoms with Gasteiger partial charge in [0.05, 0.1) is 19.2 Å². The molecule has 2 aromatic rings. The quantitative estimate of drug-likeness (QED) is 0.377. The summed E-state index contributed by atoms with van der Waals surface area (Å²) in [4.78, 5) is 46.3. The molecule has 0 saturated carbocycles. The number of carbonyl (C=O) groups excluding carboxylic acids is 3. The lowest BCUT2D eigenvalue weighted by Crippen LogP contribution is -2.40. The van der Waals surface area contributed by atoms with Crippen molar-refractivity contribution in [2.75, 3.05) is 20.2 Å². The summed E-state index contributed by atoms with van der Waals surface area (Å²) >= 11 is 0. The molecule has 8 heteroatoms. The number of amides is 2.